The summed E-state index contributed by atoms with van der Waals surface area (Å²) in [6.07, 6.45) is 2.81. The first kappa shape index (κ1) is 15.5. The van der Waals surface area contributed by atoms with Gasteiger partial charge in [-0.15, -0.1) is 11.3 Å². The van der Waals surface area contributed by atoms with E-state index < -0.39 is 0 Å². The molecule has 5 nitrogen and oxygen atoms in total. The zero-order valence-electron chi connectivity index (χ0n) is 13.0. The van der Waals surface area contributed by atoms with Crippen LogP contribution in [0.3, 0.4) is 0 Å². The molecule has 1 N–H and O–H groups in total. The Morgan fingerprint density at radius 2 is 2.23 bits per heavy atom. The van der Waals surface area contributed by atoms with E-state index in [1.165, 1.54) is 17.7 Å². The molecule has 120 valence electrons. The Labute approximate surface area is 135 Å². The minimum atomic E-state index is -0.194. The highest BCUT2D eigenvalue weighted by Gasteiger charge is 2.33. The molecule has 2 aliphatic heterocycles. The van der Waals surface area contributed by atoms with Gasteiger partial charge in [-0.2, -0.15) is 0 Å². The van der Waals surface area contributed by atoms with Crippen LogP contribution in [0.15, 0.2) is 17.5 Å². The van der Waals surface area contributed by atoms with Gasteiger partial charge in [0.1, 0.15) is 0 Å². The molecule has 6 heteroatoms. The second-order valence-corrected chi connectivity index (χ2v) is 7.17. The van der Waals surface area contributed by atoms with Crippen LogP contribution in [0.2, 0.25) is 0 Å². The molecule has 0 aromatic carbocycles. The molecule has 0 saturated carbocycles. The Morgan fingerprint density at radius 1 is 1.45 bits per heavy atom. The Balaban J connectivity index is 1.59. The predicted octanol–water partition coefficient (Wildman–Crippen LogP) is 1.48. The first-order chi connectivity index (χ1) is 10.6. The van der Waals surface area contributed by atoms with Crippen LogP contribution in [-0.4, -0.2) is 54.8 Å². The number of carbonyl (C=O) groups excluding carboxylic acids is 2. The number of amides is 2. The summed E-state index contributed by atoms with van der Waals surface area (Å²) in [6.45, 7) is 3.37. The van der Waals surface area contributed by atoms with Crippen molar-refractivity contribution in [2.45, 2.75) is 25.3 Å². The van der Waals surface area contributed by atoms with E-state index in [1.54, 1.807) is 23.3 Å². The maximum Gasteiger partial charge on any atom is 0.225 e. The normalized spacial score (nSPS) is 24.0. The number of rotatable bonds is 5. The van der Waals surface area contributed by atoms with Crippen molar-refractivity contribution in [3.63, 3.8) is 0 Å². The molecule has 2 fully saturated rings. The zero-order chi connectivity index (χ0) is 15.5. The zero-order valence-corrected chi connectivity index (χ0v) is 13.8. The topological polar surface area (TPSA) is 52.7 Å². The molecule has 3 heterocycles. The number of nitrogens with one attached hydrogen (secondary N) is 1. The Bertz CT molecular complexity index is 526. The van der Waals surface area contributed by atoms with Crippen molar-refractivity contribution in [1.82, 2.24) is 15.1 Å². The third-order valence-corrected chi connectivity index (χ3v) is 5.61. The summed E-state index contributed by atoms with van der Waals surface area (Å²) in [4.78, 5) is 29.3. The highest BCUT2D eigenvalue weighted by molar-refractivity contribution is 7.10. The van der Waals surface area contributed by atoms with Crippen molar-refractivity contribution in [2.75, 3.05) is 33.2 Å². The van der Waals surface area contributed by atoms with Gasteiger partial charge in [0.05, 0.1) is 12.0 Å². The van der Waals surface area contributed by atoms with Crippen molar-refractivity contribution in [1.29, 1.82) is 0 Å². The van der Waals surface area contributed by atoms with E-state index in [4.69, 9.17) is 0 Å². The highest BCUT2D eigenvalue weighted by atomic mass is 32.1. The van der Waals surface area contributed by atoms with Gasteiger partial charge in [0, 0.05) is 31.4 Å². The SMILES string of the molecule is CN1C[C@@H](C(=O)NC[C@H](c2cccs2)N2CCCC2)CC1=O. The molecule has 0 bridgehead atoms. The number of nitrogens with zero attached hydrogens (tertiary/aromatic N) is 2. The second kappa shape index (κ2) is 6.79. The molecule has 0 radical (unpaired) electrons. The molecule has 2 amide bonds. The predicted molar refractivity (Wildman–Crippen MR) is 86.6 cm³/mol. The third kappa shape index (κ3) is 3.33. The summed E-state index contributed by atoms with van der Waals surface area (Å²) in [5, 5.41) is 5.17. The summed E-state index contributed by atoms with van der Waals surface area (Å²) in [6, 6.07) is 4.48. The van der Waals surface area contributed by atoms with E-state index in [-0.39, 0.29) is 23.8 Å². The molecule has 1 aromatic rings. The van der Waals surface area contributed by atoms with Crippen molar-refractivity contribution >= 4 is 23.2 Å². The summed E-state index contributed by atoms with van der Waals surface area (Å²) < 4.78 is 0. The van der Waals surface area contributed by atoms with Crippen LogP contribution < -0.4 is 5.32 Å². The molecule has 2 saturated heterocycles. The molecule has 0 unspecified atom stereocenters. The van der Waals surface area contributed by atoms with E-state index in [0.29, 0.717) is 19.5 Å². The van der Waals surface area contributed by atoms with Crippen LogP contribution in [0.5, 0.6) is 0 Å². The van der Waals surface area contributed by atoms with Crippen LogP contribution in [0.4, 0.5) is 0 Å². The van der Waals surface area contributed by atoms with Crippen molar-refractivity contribution in [3.8, 4) is 0 Å². The van der Waals surface area contributed by atoms with Crippen molar-refractivity contribution in [2.24, 2.45) is 5.92 Å². The molecule has 2 aliphatic rings. The molecule has 0 aliphatic carbocycles. The smallest absolute Gasteiger partial charge is 0.225 e. The largest absolute Gasteiger partial charge is 0.354 e. The van der Waals surface area contributed by atoms with Crippen LogP contribution in [0.25, 0.3) is 0 Å². The van der Waals surface area contributed by atoms with Gasteiger partial charge in [-0.05, 0) is 37.4 Å². The maximum absolute atomic E-state index is 12.3. The van der Waals surface area contributed by atoms with Gasteiger partial charge in [0.2, 0.25) is 11.8 Å². The van der Waals surface area contributed by atoms with Crippen molar-refractivity contribution in [3.05, 3.63) is 22.4 Å². The van der Waals surface area contributed by atoms with Crippen LogP contribution in [-0.2, 0) is 9.59 Å². The van der Waals surface area contributed by atoms with Gasteiger partial charge in [-0.3, -0.25) is 14.5 Å². The maximum atomic E-state index is 12.3. The number of thiophene rings is 1. The molecule has 1 aromatic heterocycles. The minimum Gasteiger partial charge on any atom is -0.354 e. The van der Waals surface area contributed by atoms with E-state index >= 15 is 0 Å². The third-order valence-electron chi connectivity index (χ3n) is 4.63. The van der Waals surface area contributed by atoms with Gasteiger partial charge in [-0.25, -0.2) is 0 Å². The lowest BCUT2D eigenvalue weighted by atomic mass is 10.1. The van der Waals surface area contributed by atoms with Gasteiger partial charge in [0.15, 0.2) is 0 Å². The molecule has 2 atom stereocenters. The van der Waals surface area contributed by atoms with Gasteiger partial charge in [-0.1, -0.05) is 6.07 Å². The van der Waals surface area contributed by atoms with Gasteiger partial charge >= 0.3 is 0 Å². The monoisotopic (exact) mass is 321 g/mol. The Kier molecular flexibility index (Phi) is 4.78. The van der Waals surface area contributed by atoms with Crippen LogP contribution in [0.1, 0.15) is 30.2 Å². The average Bonchev–Trinajstić information content (AvgIpc) is 3.23. The lowest BCUT2D eigenvalue weighted by Gasteiger charge is -2.27. The van der Waals surface area contributed by atoms with Crippen LogP contribution >= 0.6 is 11.3 Å². The van der Waals surface area contributed by atoms with Gasteiger partial charge in [0.25, 0.3) is 0 Å². The summed E-state index contributed by atoms with van der Waals surface area (Å²) in [7, 11) is 1.76. The summed E-state index contributed by atoms with van der Waals surface area (Å²) in [5.41, 5.74) is 0. The fraction of sp³-hybridized carbons (Fsp3) is 0.625. The standard InChI is InChI=1S/C16H23N3O2S/c1-18-11-12(9-15(18)20)16(21)17-10-13(14-5-4-8-22-14)19-6-2-3-7-19/h4-5,8,12-13H,2-3,6-7,9-11H2,1H3,(H,17,21)/t12-,13+/m0/s1. The lowest BCUT2D eigenvalue weighted by molar-refractivity contribution is -0.128. The molecular weight excluding hydrogens is 298 g/mol. The number of carbonyl (C=O) groups is 2. The fourth-order valence-corrected chi connectivity index (χ4v) is 4.19. The quantitative estimate of drug-likeness (QED) is 0.894. The first-order valence-corrected chi connectivity index (χ1v) is 8.82. The highest BCUT2D eigenvalue weighted by Crippen LogP contribution is 2.28. The fourth-order valence-electron chi connectivity index (χ4n) is 3.32. The summed E-state index contributed by atoms with van der Waals surface area (Å²) >= 11 is 1.75. The van der Waals surface area contributed by atoms with E-state index in [9.17, 15) is 9.59 Å². The van der Waals surface area contributed by atoms with Crippen molar-refractivity contribution < 1.29 is 9.59 Å². The molecule has 0 spiro atoms. The minimum absolute atomic E-state index is 0.0125. The second-order valence-electron chi connectivity index (χ2n) is 6.19. The molecular formula is C16H23N3O2S. The molecule has 3 rings (SSSR count). The lowest BCUT2D eigenvalue weighted by Crippen LogP contribution is -2.39. The first-order valence-electron chi connectivity index (χ1n) is 7.94. The number of hydrogen-bond donors (Lipinski definition) is 1. The number of hydrogen-bond acceptors (Lipinski definition) is 4. The number of likely N-dealkylation sites (tertiary alicyclic amines) is 2. The van der Waals surface area contributed by atoms with E-state index in [2.05, 4.69) is 27.7 Å². The Hall–Kier alpha value is -1.40. The van der Waals surface area contributed by atoms with E-state index in [0.717, 1.165) is 13.1 Å². The Morgan fingerprint density at radius 3 is 2.82 bits per heavy atom. The summed E-state index contributed by atoms with van der Waals surface area (Å²) in [5.74, 6) is -0.118. The van der Waals surface area contributed by atoms with Gasteiger partial charge < -0.3 is 10.2 Å². The molecule has 22 heavy (non-hydrogen) atoms. The van der Waals surface area contributed by atoms with Crippen LogP contribution in [0, 0.1) is 5.92 Å². The van der Waals surface area contributed by atoms with E-state index in [1.807, 2.05) is 0 Å². The average molecular weight is 321 g/mol.